The lowest BCUT2D eigenvalue weighted by Gasteiger charge is -2.13. The number of ether oxygens (including phenoxy) is 3. The van der Waals surface area contributed by atoms with Crippen molar-refractivity contribution >= 4 is 5.97 Å². The van der Waals surface area contributed by atoms with E-state index >= 15 is 0 Å². The van der Waals surface area contributed by atoms with Gasteiger partial charge in [0, 0.05) is 26.9 Å². The van der Waals surface area contributed by atoms with Crippen molar-refractivity contribution in [3.05, 3.63) is 35.4 Å². The number of aliphatic carboxylic acids is 1. The Bertz CT molecular complexity index is 430. The number of unbranched alkanes of at least 4 members (excludes halogenated alkanes) is 1. The van der Waals surface area contributed by atoms with Gasteiger partial charge in [0.1, 0.15) is 0 Å². The molecule has 5 heteroatoms. The Labute approximate surface area is 138 Å². The molecule has 23 heavy (non-hydrogen) atoms. The Balaban J connectivity index is 2.09. The minimum atomic E-state index is -0.900. The molecule has 1 unspecified atom stereocenters. The zero-order valence-electron chi connectivity index (χ0n) is 14.1. The summed E-state index contributed by atoms with van der Waals surface area (Å²) in [4.78, 5) is 11.1. The van der Waals surface area contributed by atoms with Crippen LogP contribution < -0.4 is 0 Å². The van der Waals surface area contributed by atoms with Gasteiger partial charge in [-0.25, -0.2) is 4.79 Å². The molecule has 0 spiro atoms. The third-order valence-corrected chi connectivity index (χ3v) is 3.48. The van der Waals surface area contributed by atoms with Gasteiger partial charge in [0.05, 0.1) is 6.61 Å². The summed E-state index contributed by atoms with van der Waals surface area (Å²) in [5.74, 6) is -0.900. The Morgan fingerprint density at radius 3 is 2.48 bits per heavy atom. The van der Waals surface area contributed by atoms with Gasteiger partial charge in [0.25, 0.3) is 0 Å². The second-order valence-electron chi connectivity index (χ2n) is 5.58. The van der Waals surface area contributed by atoms with E-state index in [1.54, 1.807) is 7.11 Å². The molecule has 0 aromatic heterocycles. The van der Waals surface area contributed by atoms with Crippen LogP contribution in [0.3, 0.4) is 0 Å². The predicted molar refractivity (Wildman–Crippen MR) is 88.6 cm³/mol. The Hall–Kier alpha value is -1.43. The molecule has 0 fully saturated rings. The van der Waals surface area contributed by atoms with E-state index in [1.807, 2.05) is 0 Å². The van der Waals surface area contributed by atoms with E-state index < -0.39 is 12.1 Å². The van der Waals surface area contributed by atoms with Gasteiger partial charge in [-0.15, -0.1) is 0 Å². The van der Waals surface area contributed by atoms with Gasteiger partial charge in [0.2, 0.25) is 0 Å². The van der Waals surface area contributed by atoms with Crippen LogP contribution in [0.5, 0.6) is 0 Å². The van der Waals surface area contributed by atoms with Gasteiger partial charge in [-0.1, -0.05) is 29.8 Å². The standard InChI is InChI=1S/C18H28O5/c1-15-7-9-16(10-8-15)14-22-12-4-3-6-17(18(19)20)23-13-5-11-21-2/h7-10,17H,3-6,11-14H2,1-2H3,(H,19,20). The molecule has 5 nitrogen and oxygen atoms in total. The first kappa shape index (κ1) is 19.6. The molecule has 0 bridgehead atoms. The number of rotatable bonds is 13. The highest BCUT2D eigenvalue weighted by molar-refractivity contribution is 5.72. The molecule has 0 radical (unpaired) electrons. The Kier molecular flexibility index (Phi) is 10.3. The SMILES string of the molecule is COCCCOC(CCCCOCc1ccc(C)cc1)C(=O)O. The summed E-state index contributed by atoms with van der Waals surface area (Å²) in [6, 6.07) is 8.25. The number of hydrogen-bond donors (Lipinski definition) is 1. The molecule has 0 saturated carbocycles. The minimum Gasteiger partial charge on any atom is -0.479 e. The van der Waals surface area contributed by atoms with E-state index in [4.69, 9.17) is 19.3 Å². The van der Waals surface area contributed by atoms with Crippen molar-refractivity contribution in [3.63, 3.8) is 0 Å². The first-order chi connectivity index (χ1) is 11.1. The molecule has 0 aliphatic carbocycles. The molecule has 1 aromatic rings. The highest BCUT2D eigenvalue weighted by Crippen LogP contribution is 2.08. The molecule has 1 rings (SSSR count). The van der Waals surface area contributed by atoms with Crippen LogP contribution in [-0.2, 0) is 25.6 Å². The van der Waals surface area contributed by atoms with Crippen LogP contribution in [0.4, 0.5) is 0 Å². The number of carbonyl (C=O) groups is 1. The highest BCUT2D eigenvalue weighted by atomic mass is 16.5. The van der Waals surface area contributed by atoms with Gasteiger partial charge in [0.15, 0.2) is 6.10 Å². The quantitative estimate of drug-likeness (QED) is 0.565. The van der Waals surface area contributed by atoms with E-state index in [2.05, 4.69) is 31.2 Å². The van der Waals surface area contributed by atoms with E-state index in [1.165, 1.54) is 5.56 Å². The van der Waals surface area contributed by atoms with Crippen molar-refractivity contribution in [1.29, 1.82) is 0 Å². The summed E-state index contributed by atoms with van der Waals surface area (Å²) in [5, 5.41) is 9.12. The first-order valence-corrected chi connectivity index (χ1v) is 8.10. The largest absolute Gasteiger partial charge is 0.479 e. The van der Waals surface area contributed by atoms with Crippen LogP contribution >= 0.6 is 0 Å². The monoisotopic (exact) mass is 324 g/mol. The van der Waals surface area contributed by atoms with E-state index in [0.717, 1.165) is 18.4 Å². The maximum absolute atomic E-state index is 11.1. The average molecular weight is 324 g/mol. The van der Waals surface area contributed by atoms with E-state index in [0.29, 0.717) is 39.3 Å². The van der Waals surface area contributed by atoms with Gasteiger partial charge in [-0.05, 0) is 38.2 Å². The lowest BCUT2D eigenvalue weighted by atomic mass is 10.1. The topological polar surface area (TPSA) is 65.0 Å². The Morgan fingerprint density at radius 2 is 1.83 bits per heavy atom. The van der Waals surface area contributed by atoms with Crippen molar-refractivity contribution in [2.24, 2.45) is 0 Å². The van der Waals surface area contributed by atoms with Crippen molar-refractivity contribution in [2.75, 3.05) is 26.9 Å². The smallest absolute Gasteiger partial charge is 0.332 e. The maximum Gasteiger partial charge on any atom is 0.332 e. The molecule has 1 N–H and O–H groups in total. The van der Waals surface area contributed by atoms with Crippen LogP contribution in [0.25, 0.3) is 0 Å². The van der Waals surface area contributed by atoms with Crippen molar-refractivity contribution in [1.82, 2.24) is 0 Å². The Morgan fingerprint density at radius 1 is 1.09 bits per heavy atom. The molecule has 1 aromatic carbocycles. The minimum absolute atomic E-state index is 0.411. The van der Waals surface area contributed by atoms with Gasteiger partial charge < -0.3 is 19.3 Å². The number of aryl methyl sites for hydroxylation is 1. The summed E-state index contributed by atoms with van der Waals surface area (Å²) in [6.45, 7) is 4.27. The summed E-state index contributed by atoms with van der Waals surface area (Å²) in [5.41, 5.74) is 2.39. The number of methoxy groups -OCH3 is 1. The molecule has 130 valence electrons. The normalized spacial score (nSPS) is 12.3. The van der Waals surface area contributed by atoms with Gasteiger partial charge in [-0.3, -0.25) is 0 Å². The molecular formula is C18H28O5. The van der Waals surface area contributed by atoms with Gasteiger partial charge in [-0.2, -0.15) is 0 Å². The lowest BCUT2D eigenvalue weighted by molar-refractivity contribution is -0.151. The van der Waals surface area contributed by atoms with Crippen LogP contribution in [0.2, 0.25) is 0 Å². The van der Waals surface area contributed by atoms with E-state index in [-0.39, 0.29) is 0 Å². The molecule has 0 saturated heterocycles. The van der Waals surface area contributed by atoms with Crippen LogP contribution in [0.1, 0.15) is 36.8 Å². The fourth-order valence-corrected chi connectivity index (χ4v) is 2.12. The first-order valence-electron chi connectivity index (χ1n) is 8.10. The third-order valence-electron chi connectivity index (χ3n) is 3.48. The molecule has 0 amide bonds. The fourth-order valence-electron chi connectivity index (χ4n) is 2.12. The van der Waals surface area contributed by atoms with Crippen LogP contribution in [0.15, 0.2) is 24.3 Å². The lowest BCUT2D eigenvalue weighted by Crippen LogP contribution is -2.24. The van der Waals surface area contributed by atoms with Crippen molar-refractivity contribution in [3.8, 4) is 0 Å². The summed E-state index contributed by atoms with van der Waals surface area (Å²) in [6.07, 6.45) is 2.09. The number of hydrogen-bond acceptors (Lipinski definition) is 4. The highest BCUT2D eigenvalue weighted by Gasteiger charge is 2.17. The fraction of sp³-hybridized carbons (Fsp3) is 0.611. The number of carboxylic acids is 1. The second kappa shape index (κ2) is 12.0. The maximum atomic E-state index is 11.1. The van der Waals surface area contributed by atoms with Crippen molar-refractivity contribution in [2.45, 2.75) is 45.3 Å². The molecular weight excluding hydrogens is 296 g/mol. The zero-order valence-corrected chi connectivity index (χ0v) is 14.1. The second-order valence-corrected chi connectivity index (χ2v) is 5.58. The summed E-state index contributed by atoms with van der Waals surface area (Å²) >= 11 is 0. The molecule has 0 aliphatic rings. The molecule has 0 heterocycles. The van der Waals surface area contributed by atoms with E-state index in [9.17, 15) is 4.79 Å². The number of carboxylic acid groups (broad SMARTS) is 1. The van der Waals surface area contributed by atoms with Gasteiger partial charge >= 0.3 is 5.97 Å². The summed E-state index contributed by atoms with van der Waals surface area (Å²) < 4.78 is 15.9. The third kappa shape index (κ3) is 9.33. The molecule has 1 atom stereocenters. The number of benzene rings is 1. The summed E-state index contributed by atoms with van der Waals surface area (Å²) in [7, 11) is 1.62. The molecule has 0 aliphatic heterocycles. The van der Waals surface area contributed by atoms with Crippen molar-refractivity contribution < 1.29 is 24.1 Å². The van der Waals surface area contributed by atoms with Crippen LogP contribution in [0, 0.1) is 6.92 Å². The zero-order chi connectivity index (χ0) is 16.9. The average Bonchev–Trinajstić information content (AvgIpc) is 2.54. The van der Waals surface area contributed by atoms with Crippen LogP contribution in [-0.4, -0.2) is 44.1 Å². The predicted octanol–water partition coefficient (Wildman–Crippen LogP) is 3.19.